The number of alkyl halides is 1. The molecule has 172 valence electrons. The highest BCUT2D eigenvalue weighted by atomic mass is 35.5. The number of amides is 2. The highest BCUT2D eigenvalue weighted by molar-refractivity contribution is 6.31. The molecule has 2 aromatic carbocycles. The predicted molar refractivity (Wildman–Crippen MR) is 123 cm³/mol. The highest BCUT2D eigenvalue weighted by Crippen LogP contribution is 2.22. The van der Waals surface area contributed by atoms with Crippen molar-refractivity contribution < 1.29 is 18.7 Å². The lowest BCUT2D eigenvalue weighted by Crippen LogP contribution is -2.47. The van der Waals surface area contributed by atoms with Gasteiger partial charge in [-0.3, -0.25) is 15.0 Å². The number of aryl methyl sites for hydroxylation is 1. The second-order valence-electron chi connectivity index (χ2n) is 7.26. The molecule has 0 aromatic heterocycles. The first kappa shape index (κ1) is 25.1. The Bertz CT molecular complexity index is 937. The number of carbonyl (C=O) groups is 2. The van der Waals surface area contributed by atoms with Crippen molar-refractivity contribution in [1.82, 2.24) is 16.0 Å². The number of amidine groups is 1. The summed E-state index contributed by atoms with van der Waals surface area (Å²) in [5, 5.41) is 15.9. The third-order valence-electron chi connectivity index (χ3n) is 4.76. The van der Waals surface area contributed by atoms with Crippen LogP contribution in [0.4, 0.5) is 4.39 Å². The topological polar surface area (TPSA) is 103 Å². The molecule has 0 fully saturated rings. The Morgan fingerprint density at radius 1 is 1.16 bits per heavy atom. The molecule has 9 heteroatoms. The summed E-state index contributed by atoms with van der Waals surface area (Å²) < 4.78 is 17.6. The molecule has 0 bridgehead atoms. The molecule has 2 rings (SSSR count). The molecular formula is C23H28ClFN4O3. The minimum Gasteiger partial charge on any atom is -0.496 e. The van der Waals surface area contributed by atoms with Crippen LogP contribution in [0.25, 0.3) is 0 Å². The molecule has 2 aromatic rings. The Balaban J connectivity index is 2.07. The molecule has 0 aliphatic heterocycles. The second-order valence-corrected chi connectivity index (χ2v) is 7.69. The van der Waals surface area contributed by atoms with E-state index in [9.17, 15) is 14.0 Å². The van der Waals surface area contributed by atoms with Crippen LogP contribution in [0, 0.1) is 12.3 Å². The fourth-order valence-corrected chi connectivity index (χ4v) is 3.15. The maximum atomic E-state index is 12.9. The minimum atomic E-state index is -0.883. The summed E-state index contributed by atoms with van der Waals surface area (Å²) in [6, 6.07) is 11.6. The van der Waals surface area contributed by atoms with Crippen molar-refractivity contribution in [2.75, 3.05) is 20.3 Å². The van der Waals surface area contributed by atoms with Crippen LogP contribution in [0.1, 0.15) is 34.3 Å². The lowest BCUT2D eigenvalue weighted by Gasteiger charge is -2.20. The highest BCUT2D eigenvalue weighted by Gasteiger charge is 2.23. The number of methoxy groups -OCH3 is 1. The summed E-state index contributed by atoms with van der Waals surface area (Å²) in [4.78, 5) is 25.7. The molecule has 32 heavy (non-hydrogen) atoms. The molecule has 0 saturated carbocycles. The van der Waals surface area contributed by atoms with Crippen molar-refractivity contribution in [3.8, 4) is 5.75 Å². The zero-order valence-electron chi connectivity index (χ0n) is 18.1. The zero-order valence-corrected chi connectivity index (χ0v) is 18.9. The van der Waals surface area contributed by atoms with Crippen LogP contribution >= 0.6 is 11.6 Å². The van der Waals surface area contributed by atoms with Crippen molar-refractivity contribution in [3.63, 3.8) is 0 Å². The van der Waals surface area contributed by atoms with E-state index in [-0.39, 0.29) is 17.3 Å². The first-order valence-corrected chi connectivity index (χ1v) is 10.6. The first-order valence-electron chi connectivity index (χ1n) is 10.2. The quantitative estimate of drug-likeness (QED) is 0.233. The Hall–Kier alpha value is -3.13. The first-order chi connectivity index (χ1) is 15.3. The van der Waals surface area contributed by atoms with Crippen molar-refractivity contribution >= 4 is 29.3 Å². The number of hydrogen-bond donors (Lipinski definition) is 4. The molecule has 2 amide bonds. The van der Waals surface area contributed by atoms with Crippen LogP contribution < -0.4 is 20.7 Å². The number of carbonyl (C=O) groups excluding carboxylic acids is 2. The lowest BCUT2D eigenvalue weighted by atomic mass is 10.1. The van der Waals surface area contributed by atoms with Gasteiger partial charge in [0.15, 0.2) is 0 Å². The molecule has 0 aliphatic carbocycles. The van der Waals surface area contributed by atoms with Gasteiger partial charge in [0.25, 0.3) is 5.91 Å². The molecule has 0 unspecified atom stereocenters. The molecule has 4 N–H and O–H groups in total. The van der Waals surface area contributed by atoms with E-state index in [4.69, 9.17) is 21.7 Å². The fourth-order valence-electron chi connectivity index (χ4n) is 2.97. The number of nitrogens with one attached hydrogen (secondary N) is 4. The normalized spacial score (nSPS) is 11.4. The molecular weight excluding hydrogens is 435 g/mol. The van der Waals surface area contributed by atoms with Crippen LogP contribution in [-0.4, -0.2) is 44.0 Å². The second kappa shape index (κ2) is 12.7. The van der Waals surface area contributed by atoms with Crippen molar-refractivity contribution in [2.24, 2.45) is 0 Å². The van der Waals surface area contributed by atoms with E-state index in [1.165, 1.54) is 13.2 Å². The number of halogens is 2. The average Bonchev–Trinajstić information content (AvgIpc) is 2.80. The van der Waals surface area contributed by atoms with Gasteiger partial charge in [-0.2, -0.15) is 0 Å². The van der Waals surface area contributed by atoms with E-state index in [1.54, 1.807) is 12.1 Å². The summed E-state index contributed by atoms with van der Waals surface area (Å²) in [5.41, 5.74) is 2.27. The number of benzene rings is 2. The zero-order chi connectivity index (χ0) is 23.5. The van der Waals surface area contributed by atoms with Gasteiger partial charge < -0.3 is 20.7 Å². The van der Waals surface area contributed by atoms with E-state index in [2.05, 4.69) is 16.0 Å². The standard InChI is InChI=1S/C23H28ClFN4O3/c1-15-5-7-16(8-6-15)14-28-23(31)19(4-3-11-27-21(26)13-25)29-22(30)18-12-17(24)9-10-20(18)32-2/h5-10,12,19H,3-4,11,13-14H2,1-2H3,(H2,26,27)(H,28,31)(H,29,30)/t19-/m0/s1. The SMILES string of the molecule is COc1ccc(Cl)cc1C(=O)N[C@@H](CCCNC(=N)CF)C(=O)NCc1ccc(C)cc1. The number of rotatable bonds is 11. The van der Waals surface area contributed by atoms with Gasteiger partial charge in [0.2, 0.25) is 5.91 Å². The third kappa shape index (κ3) is 7.85. The summed E-state index contributed by atoms with van der Waals surface area (Å²) in [5.74, 6) is -0.730. The molecule has 0 saturated heterocycles. The average molecular weight is 463 g/mol. The Morgan fingerprint density at radius 2 is 1.88 bits per heavy atom. The van der Waals surface area contributed by atoms with Gasteiger partial charge in [-0.05, 0) is 43.5 Å². The maximum absolute atomic E-state index is 12.9. The van der Waals surface area contributed by atoms with Crippen LogP contribution in [0.3, 0.4) is 0 Å². The molecule has 1 atom stereocenters. The Labute approximate surface area is 192 Å². The van der Waals surface area contributed by atoms with Gasteiger partial charge in [0.05, 0.1) is 12.7 Å². The summed E-state index contributed by atoms with van der Waals surface area (Å²) in [6.07, 6.45) is 0.735. The molecule has 0 aliphatic rings. The number of ether oxygens (including phenoxy) is 1. The largest absolute Gasteiger partial charge is 0.496 e. The van der Waals surface area contributed by atoms with Crippen molar-refractivity contribution in [2.45, 2.75) is 32.4 Å². The number of hydrogen-bond acceptors (Lipinski definition) is 4. The van der Waals surface area contributed by atoms with E-state index in [0.717, 1.165) is 11.1 Å². The Morgan fingerprint density at radius 3 is 2.53 bits per heavy atom. The monoisotopic (exact) mass is 462 g/mol. The summed E-state index contributed by atoms with van der Waals surface area (Å²) >= 11 is 6.02. The van der Waals surface area contributed by atoms with Crippen LogP contribution in [-0.2, 0) is 11.3 Å². The van der Waals surface area contributed by atoms with Gasteiger partial charge in [0.1, 0.15) is 24.3 Å². The van der Waals surface area contributed by atoms with Gasteiger partial charge in [-0.15, -0.1) is 0 Å². The summed E-state index contributed by atoms with van der Waals surface area (Å²) in [7, 11) is 1.44. The van der Waals surface area contributed by atoms with Gasteiger partial charge in [0, 0.05) is 18.1 Å². The minimum absolute atomic E-state index is 0.216. The maximum Gasteiger partial charge on any atom is 0.255 e. The van der Waals surface area contributed by atoms with Crippen molar-refractivity contribution in [3.05, 3.63) is 64.2 Å². The lowest BCUT2D eigenvalue weighted by molar-refractivity contribution is -0.123. The van der Waals surface area contributed by atoms with Gasteiger partial charge in [-0.25, -0.2) is 4.39 Å². The van der Waals surface area contributed by atoms with Crippen LogP contribution in [0.15, 0.2) is 42.5 Å². The van der Waals surface area contributed by atoms with Crippen molar-refractivity contribution in [1.29, 1.82) is 5.41 Å². The smallest absolute Gasteiger partial charge is 0.255 e. The molecule has 0 spiro atoms. The summed E-state index contributed by atoms with van der Waals surface area (Å²) in [6.45, 7) is 1.72. The van der Waals surface area contributed by atoms with E-state index < -0.39 is 18.6 Å². The third-order valence-corrected chi connectivity index (χ3v) is 4.99. The molecule has 0 radical (unpaired) electrons. The van der Waals surface area contributed by atoms with Crippen LogP contribution in [0.2, 0.25) is 5.02 Å². The molecule has 0 heterocycles. The fraction of sp³-hybridized carbons (Fsp3) is 0.348. The Kier molecular flexibility index (Phi) is 9.94. The van der Waals surface area contributed by atoms with Crippen LogP contribution in [0.5, 0.6) is 5.75 Å². The predicted octanol–water partition coefficient (Wildman–Crippen LogP) is 3.39. The molecule has 7 nitrogen and oxygen atoms in total. The van der Waals surface area contributed by atoms with E-state index in [1.807, 2.05) is 31.2 Å². The van der Waals surface area contributed by atoms with E-state index >= 15 is 0 Å². The van der Waals surface area contributed by atoms with Gasteiger partial charge in [-0.1, -0.05) is 41.4 Å². The van der Waals surface area contributed by atoms with E-state index in [0.29, 0.717) is 36.7 Å². The van der Waals surface area contributed by atoms with Gasteiger partial charge >= 0.3 is 0 Å².